The Morgan fingerprint density at radius 3 is 2.60 bits per heavy atom. The van der Waals surface area contributed by atoms with Crippen molar-refractivity contribution >= 4 is 28.6 Å². The van der Waals surface area contributed by atoms with Crippen molar-refractivity contribution in [1.82, 2.24) is 9.84 Å². The van der Waals surface area contributed by atoms with E-state index >= 15 is 0 Å². The minimum Gasteiger partial charge on any atom is -0.375 e. The molecule has 5 nitrogen and oxygen atoms in total. The summed E-state index contributed by atoms with van der Waals surface area (Å²) in [6, 6.07) is 9.35. The van der Waals surface area contributed by atoms with Crippen LogP contribution in [-0.4, -0.2) is 18.9 Å². The van der Waals surface area contributed by atoms with Crippen molar-refractivity contribution < 1.29 is 8.76 Å². The minimum atomic E-state index is -2.18. The number of nitrogens with zero attached hydrogens (tertiary/aromatic N) is 1. The molecule has 0 aromatic heterocycles. The largest absolute Gasteiger partial charge is 0.375 e. The molecule has 0 spiro atoms. The molecular weight excluding hydrogens is 234 g/mol. The maximum absolute atomic E-state index is 10.5. The topological polar surface area (TPSA) is 78.6 Å². The lowest BCUT2D eigenvalue weighted by atomic mass is 10.2. The summed E-state index contributed by atoms with van der Waals surface area (Å²) in [5.41, 5.74) is 6.32. The summed E-state index contributed by atoms with van der Waals surface area (Å²) >= 11 is 2.55. The summed E-state index contributed by atoms with van der Waals surface area (Å²) in [5.74, 6) is 0. The smallest absolute Gasteiger partial charge is 0.250 e. The van der Waals surface area contributed by atoms with Crippen LogP contribution in [0.3, 0.4) is 0 Å². The highest BCUT2D eigenvalue weighted by molar-refractivity contribution is 7.80. The zero-order valence-electron chi connectivity index (χ0n) is 7.79. The van der Waals surface area contributed by atoms with Crippen LogP contribution in [0.1, 0.15) is 5.56 Å². The van der Waals surface area contributed by atoms with Gasteiger partial charge in [-0.25, -0.2) is 4.21 Å². The van der Waals surface area contributed by atoms with Crippen molar-refractivity contribution in [3.8, 4) is 0 Å². The van der Waals surface area contributed by atoms with Crippen molar-refractivity contribution in [2.75, 3.05) is 0 Å². The molecular formula is C8H11N3O2S2. The van der Waals surface area contributed by atoms with Gasteiger partial charge in [0.25, 0.3) is 11.3 Å². The fraction of sp³-hybridized carbons (Fsp3) is 0.125. The number of nitrogens with one attached hydrogen (secondary N) is 1. The first-order valence-corrected chi connectivity index (χ1v) is 5.59. The second kappa shape index (κ2) is 5.76. The SMILES string of the molecule is NC(=S)N(Cc1ccccc1)NS(=O)O. The van der Waals surface area contributed by atoms with E-state index in [0.717, 1.165) is 5.56 Å². The van der Waals surface area contributed by atoms with E-state index < -0.39 is 11.3 Å². The molecule has 0 aliphatic heterocycles. The van der Waals surface area contributed by atoms with E-state index in [1.807, 2.05) is 30.3 Å². The third-order valence-electron chi connectivity index (χ3n) is 1.64. The molecule has 1 atom stereocenters. The Bertz CT molecular complexity index is 358. The zero-order chi connectivity index (χ0) is 11.3. The second-order valence-electron chi connectivity index (χ2n) is 2.75. The van der Waals surface area contributed by atoms with E-state index in [9.17, 15) is 4.21 Å². The normalized spacial score (nSPS) is 12.1. The molecule has 0 aliphatic carbocycles. The molecule has 0 aliphatic rings. The van der Waals surface area contributed by atoms with Crippen LogP contribution in [0, 0.1) is 0 Å². The first-order valence-electron chi connectivity index (χ1n) is 4.07. The van der Waals surface area contributed by atoms with Crippen LogP contribution < -0.4 is 10.6 Å². The van der Waals surface area contributed by atoms with Crippen LogP contribution in [0.25, 0.3) is 0 Å². The van der Waals surface area contributed by atoms with Gasteiger partial charge in [0.05, 0.1) is 6.54 Å². The molecule has 0 saturated carbocycles. The van der Waals surface area contributed by atoms with Gasteiger partial charge in [0, 0.05) is 0 Å². The van der Waals surface area contributed by atoms with E-state index in [1.165, 1.54) is 5.01 Å². The summed E-state index contributed by atoms with van der Waals surface area (Å²) in [5, 5.41) is 1.25. The number of thiocarbonyl (C=S) groups is 1. The van der Waals surface area contributed by atoms with E-state index in [0.29, 0.717) is 6.54 Å². The minimum absolute atomic E-state index is 0.0150. The summed E-state index contributed by atoms with van der Waals surface area (Å²) in [4.78, 5) is 2.22. The molecule has 0 radical (unpaired) electrons. The average Bonchev–Trinajstić information content (AvgIpc) is 2.17. The van der Waals surface area contributed by atoms with Gasteiger partial charge in [0.15, 0.2) is 5.11 Å². The third-order valence-corrected chi connectivity index (χ3v) is 2.23. The van der Waals surface area contributed by atoms with Crippen molar-refractivity contribution in [1.29, 1.82) is 0 Å². The molecule has 15 heavy (non-hydrogen) atoms. The molecule has 82 valence electrons. The number of hydrazine groups is 1. The third kappa shape index (κ3) is 4.34. The Morgan fingerprint density at radius 1 is 1.53 bits per heavy atom. The lowest BCUT2D eigenvalue weighted by Gasteiger charge is -2.20. The number of hydrogen-bond acceptors (Lipinski definition) is 2. The monoisotopic (exact) mass is 245 g/mol. The predicted molar refractivity (Wildman–Crippen MR) is 62.7 cm³/mol. The van der Waals surface area contributed by atoms with Crippen LogP contribution in [-0.2, 0) is 17.8 Å². The maximum atomic E-state index is 10.5. The Hall–Kier alpha value is -1.02. The zero-order valence-corrected chi connectivity index (χ0v) is 9.42. The van der Waals surface area contributed by atoms with Gasteiger partial charge in [-0.3, -0.25) is 9.56 Å². The molecule has 0 bridgehead atoms. The van der Waals surface area contributed by atoms with Crippen molar-refractivity contribution in [2.24, 2.45) is 5.73 Å². The molecule has 0 amide bonds. The van der Waals surface area contributed by atoms with Gasteiger partial charge >= 0.3 is 0 Å². The summed E-state index contributed by atoms with van der Waals surface area (Å²) in [7, 11) is 0. The Balaban J connectivity index is 2.67. The molecule has 0 fully saturated rings. The first-order chi connectivity index (χ1) is 7.09. The van der Waals surface area contributed by atoms with Crippen LogP contribution in [0.2, 0.25) is 0 Å². The average molecular weight is 245 g/mol. The Morgan fingerprint density at radius 2 is 2.13 bits per heavy atom. The first kappa shape index (κ1) is 12.1. The van der Waals surface area contributed by atoms with Gasteiger partial charge in [-0.2, -0.15) is 0 Å². The number of nitrogens with two attached hydrogens (primary N) is 1. The number of rotatable bonds is 4. The summed E-state index contributed by atoms with van der Waals surface area (Å²) in [6.45, 7) is 0.336. The fourth-order valence-corrected chi connectivity index (χ4v) is 1.53. The van der Waals surface area contributed by atoms with Gasteiger partial charge in [0.1, 0.15) is 0 Å². The van der Waals surface area contributed by atoms with Gasteiger partial charge in [0.2, 0.25) is 0 Å². The highest BCUT2D eigenvalue weighted by atomic mass is 32.2. The van der Waals surface area contributed by atoms with Crippen LogP contribution >= 0.6 is 12.2 Å². The van der Waals surface area contributed by atoms with Crippen LogP contribution in [0.15, 0.2) is 30.3 Å². The van der Waals surface area contributed by atoms with E-state index in [4.69, 9.17) is 22.5 Å². The Kier molecular flexibility index (Phi) is 4.63. The van der Waals surface area contributed by atoms with Crippen molar-refractivity contribution in [3.63, 3.8) is 0 Å². The van der Waals surface area contributed by atoms with Gasteiger partial charge in [-0.1, -0.05) is 30.3 Å². The maximum Gasteiger partial charge on any atom is 0.250 e. The van der Waals surface area contributed by atoms with Gasteiger partial charge in [-0.15, -0.1) is 4.83 Å². The van der Waals surface area contributed by atoms with E-state index in [1.54, 1.807) is 0 Å². The van der Waals surface area contributed by atoms with Gasteiger partial charge in [-0.05, 0) is 17.8 Å². The quantitative estimate of drug-likeness (QED) is 0.406. The lowest BCUT2D eigenvalue weighted by Crippen LogP contribution is -2.45. The lowest BCUT2D eigenvalue weighted by molar-refractivity contribution is 0.366. The van der Waals surface area contributed by atoms with E-state index in [-0.39, 0.29) is 5.11 Å². The highest BCUT2D eigenvalue weighted by Crippen LogP contribution is 2.02. The Labute approximate surface area is 95.7 Å². The standard InChI is InChI=1S/C8H11N3O2S2/c9-8(14)11(10-15(12)13)6-7-4-2-1-3-5-7/h1-5,10H,6H2,(H2,9,14)(H,12,13). The van der Waals surface area contributed by atoms with E-state index in [2.05, 4.69) is 4.83 Å². The van der Waals surface area contributed by atoms with Gasteiger partial charge < -0.3 is 5.73 Å². The van der Waals surface area contributed by atoms with Crippen LogP contribution in [0.4, 0.5) is 0 Å². The second-order valence-corrected chi connectivity index (χ2v) is 3.85. The van der Waals surface area contributed by atoms with Crippen molar-refractivity contribution in [2.45, 2.75) is 6.54 Å². The molecule has 4 N–H and O–H groups in total. The molecule has 1 aromatic carbocycles. The van der Waals surface area contributed by atoms with Crippen molar-refractivity contribution in [3.05, 3.63) is 35.9 Å². The fourth-order valence-electron chi connectivity index (χ4n) is 1.02. The highest BCUT2D eigenvalue weighted by Gasteiger charge is 2.08. The number of hydrogen-bond donors (Lipinski definition) is 3. The number of benzene rings is 1. The molecule has 1 unspecified atom stereocenters. The predicted octanol–water partition coefficient (Wildman–Crippen LogP) is 0.374. The molecule has 0 heterocycles. The molecule has 0 saturated heterocycles. The molecule has 1 rings (SSSR count). The summed E-state index contributed by atoms with van der Waals surface area (Å²) in [6.07, 6.45) is 0. The summed E-state index contributed by atoms with van der Waals surface area (Å²) < 4.78 is 19.2. The molecule has 7 heteroatoms. The molecule has 1 aromatic rings. The van der Waals surface area contributed by atoms with Crippen LogP contribution in [0.5, 0.6) is 0 Å².